The van der Waals surface area contributed by atoms with E-state index in [9.17, 15) is 10.1 Å². The van der Waals surface area contributed by atoms with Gasteiger partial charge in [0.25, 0.3) is 0 Å². The Balaban J connectivity index is 0.00000118. The molecule has 2 aromatic rings. The van der Waals surface area contributed by atoms with Crippen molar-refractivity contribution >= 4 is 44.0 Å². The number of halogens is 2. The van der Waals surface area contributed by atoms with Gasteiger partial charge in [0.15, 0.2) is 11.8 Å². The van der Waals surface area contributed by atoms with Crippen LogP contribution in [-0.4, -0.2) is 74.0 Å². The van der Waals surface area contributed by atoms with Gasteiger partial charge in [-0.1, -0.05) is 6.92 Å². The highest BCUT2D eigenvalue weighted by molar-refractivity contribution is 7.23. The molecule has 1 amide bonds. The molecule has 0 bridgehead atoms. The van der Waals surface area contributed by atoms with Crippen LogP contribution in [0.1, 0.15) is 45.4 Å². The van der Waals surface area contributed by atoms with Crippen LogP contribution in [0.15, 0.2) is 39.9 Å². The van der Waals surface area contributed by atoms with Crippen molar-refractivity contribution in [1.29, 1.82) is 5.26 Å². The van der Waals surface area contributed by atoms with E-state index in [4.69, 9.17) is 14.5 Å². The number of fused-ring (bicyclic) bond motifs is 3. The van der Waals surface area contributed by atoms with Crippen molar-refractivity contribution in [2.45, 2.75) is 45.8 Å². The molecule has 3 aliphatic heterocycles. The van der Waals surface area contributed by atoms with Crippen LogP contribution >= 0.6 is 11.3 Å². The molecule has 0 saturated carbocycles. The van der Waals surface area contributed by atoms with Gasteiger partial charge in [-0.25, -0.2) is 18.6 Å². The number of nitrogens with one attached hydrogen (secondary N) is 3. The Bertz CT molecular complexity index is 1630. The fourth-order valence-electron chi connectivity index (χ4n) is 5.49. The summed E-state index contributed by atoms with van der Waals surface area (Å²) >= 11 is 0.877. The quantitative estimate of drug-likeness (QED) is 0.431. The maximum atomic E-state index is 16.6. The third kappa shape index (κ3) is 5.87. The molecule has 43 heavy (non-hydrogen) atoms. The number of carbonyl (C=O) groups is 1. The van der Waals surface area contributed by atoms with Crippen molar-refractivity contribution in [3.8, 4) is 6.07 Å². The molecular formula is C30H35F2N7O3S. The molecule has 13 heteroatoms. The summed E-state index contributed by atoms with van der Waals surface area (Å²) < 4.78 is 42.8. The summed E-state index contributed by atoms with van der Waals surface area (Å²) in [5.74, 6) is -0.112. The molecule has 2 aromatic heterocycles. The summed E-state index contributed by atoms with van der Waals surface area (Å²) in [6.45, 7) is 9.35. The molecule has 2 atom stereocenters. The van der Waals surface area contributed by atoms with Crippen LogP contribution < -0.4 is 16.0 Å². The summed E-state index contributed by atoms with van der Waals surface area (Å²) in [5.41, 5.74) is 1.54. The maximum Gasteiger partial charge on any atom is 0.412 e. The third-order valence-electron chi connectivity index (χ3n) is 7.24. The van der Waals surface area contributed by atoms with Crippen LogP contribution in [0.4, 0.5) is 18.6 Å². The number of likely N-dealkylation sites (tertiary alicyclic amines) is 1. The molecule has 1 aliphatic carbocycles. The number of guanidine groups is 1. The molecule has 228 valence electrons. The van der Waals surface area contributed by atoms with Crippen LogP contribution in [0.2, 0.25) is 0 Å². The standard InChI is InChI=1S/C28H28F2N6O3S.C2H7N/c1-13-5-6-36(10-13)26-33-8-15-16-11-38-12-17(16)19(21(30)22(15)34-26)23-20-14(7-31)25(35-27(37)39-28(2,3)4)40-24(20)18(29)9-32-23;1-3-2/h8-9,13,22H,5-6,10-12H2,1-4H3,(H,33,34)(H,35,37);3H,1-2H3. The van der Waals surface area contributed by atoms with E-state index < -0.39 is 29.4 Å². The van der Waals surface area contributed by atoms with Crippen molar-refractivity contribution in [2.24, 2.45) is 10.9 Å². The lowest BCUT2D eigenvalue weighted by Gasteiger charge is -2.31. The average molecular weight is 612 g/mol. The minimum absolute atomic E-state index is 0.0175. The molecule has 0 aromatic carbocycles. The number of hydrogen-bond donors (Lipinski definition) is 3. The molecule has 10 nitrogen and oxygen atoms in total. The Morgan fingerprint density at radius 1 is 1.28 bits per heavy atom. The van der Waals surface area contributed by atoms with Gasteiger partial charge < -0.3 is 25.0 Å². The van der Waals surface area contributed by atoms with Gasteiger partial charge in [0, 0.05) is 35.8 Å². The highest BCUT2D eigenvalue weighted by Crippen LogP contribution is 2.48. The van der Waals surface area contributed by atoms with Gasteiger partial charge >= 0.3 is 6.09 Å². The van der Waals surface area contributed by atoms with Gasteiger partial charge in [-0.3, -0.25) is 10.3 Å². The number of aromatic nitrogens is 1. The molecule has 3 N–H and O–H groups in total. The smallest absolute Gasteiger partial charge is 0.412 e. The van der Waals surface area contributed by atoms with Crippen molar-refractivity contribution in [3.05, 3.63) is 52.0 Å². The first-order valence-electron chi connectivity index (χ1n) is 14.1. The second-order valence-electron chi connectivity index (χ2n) is 11.8. The van der Waals surface area contributed by atoms with Crippen LogP contribution in [0, 0.1) is 23.1 Å². The predicted molar refractivity (Wildman–Crippen MR) is 163 cm³/mol. The third-order valence-corrected chi connectivity index (χ3v) is 8.36. The number of nitriles is 1. The number of carbonyl (C=O) groups excluding carboxylic acids is 1. The number of hydrogen-bond acceptors (Lipinski definition) is 10. The number of thiophene rings is 1. The fourth-order valence-corrected chi connectivity index (χ4v) is 6.53. The molecule has 1 saturated heterocycles. The van der Waals surface area contributed by atoms with E-state index in [-0.39, 0.29) is 45.1 Å². The normalized spacial score (nSPS) is 21.3. The second-order valence-corrected chi connectivity index (χ2v) is 12.8. The lowest BCUT2D eigenvalue weighted by Crippen LogP contribution is -2.42. The number of nitrogens with zero attached hydrogens (tertiary/aromatic N) is 4. The number of anilines is 1. The highest BCUT2D eigenvalue weighted by Gasteiger charge is 2.41. The Kier molecular flexibility index (Phi) is 8.56. The Morgan fingerprint density at radius 3 is 2.65 bits per heavy atom. The van der Waals surface area contributed by atoms with Crippen molar-refractivity contribution < 1.29 is 23.0 Å². The van der Waals surface area contributed by atoms with Gasteiger partial charge in [-0.2, -0.15) is 5.26 Å². The van der Waals surface area contributed by atoms with Crippen molar-refractivity contribution in [3.63, 3.8) is 0 Å². The zero-order chi connectivity index (χ0) is 31.1. The Hall–Kier alpha value is -3.86. The van der Waals surface area contributed by atoms with Gasteiger partial charge in [0.05, 0.1) is 35.4 Å². The summed E-state index contributed by atoms with van der Waals surface area (Å²) in [6.07, 6.45) is 3.04. The maximum absolute atomic E-state index is 16.6. The summed E-state index contributed by atoms with van der Waals surface area (Å²) in [7, 11) is 3.75. The van der Waals surface area contributed by atoms with Gasteiger partial charge in [-0.05, 0) is 58.4 Å². The lowest BCUT2D eigenvalue weighted by atomic mass is 9.82. The number of pyridine rings is 1. The van der Waals surface area contributed by atoms with E-state index in [1.807, 2.05) is 14.1 Å². The van der Waals surface area contributed by atoms with Crippen LogP contribution in [0.3, 0.4) is 0 Å². The molecule has 4 aliphatic rings. The van der Waals surface area contributed by atoms with E-state index in [0.717, 1.165) is 42.6 Å². The van der Waals surface area contributed by atoms with E-state index in [2.05, 4.69) is 38.8 Å². The first-order valence-corrected chi connectivity index (χ1v) is 14.9. The van der Waals surface area contributed by atoms with E-state index in [1.54, 1.807) is 27.0 Å². The minimum Gasteiger partial charge on any atom is -0.444 e. The van der Waals surface area contributed by atoms with Gasteiger partial charge in [0.1, 0.15) is 28.5 Å². The number of rotatable bonds is 2. The molecule has 1 fully saturated rings. The summed E-state index contributed by atoms with van der Waals surface area (Å²) in [6, 6.07) is 1.14. The number of amides is 1. The van der Waals surface area contributed by atoms with E-state index >= 15 is 8.78 Å². The number of ether oxygens (including phenoxy) is 2. The summed E-state index contributed by atoms with van der Waals surface area (Å²) in [5, 5.41) is 18.9. The second kappa shape index (κ2) is 12.0. The van der Waals surface area contributed by atoms with Gasteiger partial charge in [0.2, 0.25) is 0 Å². The average Bonchev–Trinajstić information content (AvgIpc) is 3.68. The minimum atomic E-state index is -0.923. The van der Waals surface area contributed by atoms with Crippen molar-refractivity contribution in [2.75, 3.05) is 45.7 Å². The molecule has 5 heterocycles. The first-order chi connectivity index (χ1) is 20.5. The van der Waals surface area contributed by atoms with Crippen LogP contribution in [0.25, 0.3) is 15.7 Å². The van der Waals surface area contributed by atoms with E-state index in [1.165, 1.54) is 0 Å². The topological polar surface area (TPSA) is 124 Å². The van der Waals surface area contributed by atoms with Crippen LogP contribution in [0.5, 0.6) is 0 Å². The molecule has 0 radical (unpaired) electrons. The monoisotopic (exact) mass is 611 g/mol. The molecule has 2 unspecified atom stereocenters. The fraction of sp³-hybridized carbons (Fsp3) is 0.467. The summed E-state index contributed by atoms with van der Waals surface area (Å²) in [4.78, 5) is 23.7. The highest BCUT2D eigenvalue weighted by atomic mass is 32.1. The Morgan fingerprint density at radius 2 is 2.00 bits per heavy atom. The van der Waals surface area contributed by atoms with Crippen molar-refractivity contribution in [1.82, 2.24) is 20.5 Å². The SMILES string of the molecule is CC1CCN(C2=NC3C(=CN2)C2=C(COC2)C(c2ncc(F)c4sc(NC(=O)OC(C)(C)C)c(C#N)c24)=C3F)C1.CNC. The zero-order valence-corrected chi connectivity index (χ0v) is 25.8. The number of aliphatic imine (C=N–C) groups is 1. The van der Waals surface area contributed by atoms with Gasteiger partial charge in [-0.15, -0.1) is 11.3 Å². The van der Waals surface area contributed by atoms with E-state index in [0.29, 0.717) is 23.0 Å². The molecule has 6 rings (SSSR count). The molecule has 0 spiro atoms. The largest absolute Gasteiger partial charge is 0.444 e. The zero-order valence-electron chi connectivity index (χ0n) is 25.0. The van der Waals surface area contributed by atoms with Crippen LogP contribution in [-0.2, 0) is 9.47 Å². The first kappa shape index (κ1) is 30.6. The Labute approximate surface area is 253 Å². The predicted octanol–water partition coefficient (Wildman–Crippen LogP) is 5.06. The molecular weight excluding hydrogens is 576 g/mol. The lowest BCUT2D eigenvalue weighted by molar-refractivity contribution is 0.0636.